The largest absolute Gasteiger partial charge is 0.486 e. The first-order valence-electron chi connectivity index (χ1n) is 8.49. The number of carbonyl (C=O) groups is 1. The molecule has 5 heteroatoms. The van der Waals surface area contributed by atoms with Gasteiger partial charge in [0.25, 0.3) is 0 Å². The number of aryl methyl sites for hydroxylation is 1. The van der Waals surface area contributed by atoms with Gasteiger partial charge in [-0.15, -0.1) is 0 Å². The molecular formula is C20H24N2O3. The molecule has 0 saturated heterocycles. The van der Waals surface area contributed by atoms with E-state index in [2.05, 4.69) is 36.5 Å². The van der Waals surface area contributed by atoms with Gasteiger partial charge in [-0.1, -0.05) is 42.0 Å². The Bertz CT molecular complexity index is 715. The number of hydrogen-bond donors (Lipinski definition) is 1. The third-order valence-corrected chi connectivity index (χ3v) is 4.08. The van der Waals surface area contributed by atoms with Crippen LogP contribution in [0.25, 0.3) is 0 Å². The number of carbonyl (C=O) groups excluding carboxylic acids is 1. The maximum atomic E-state index is 12.1. The minimum Gasteiger partial charge on any atom is -0.486 e. The van der Waals surface area contributed by atoms with Crippen LogP contribution in [0.3, 0.4) is 0 Å². The first-order chi connectivity index (χ1) is 12.1. The van der Waals surface area contributed by atoms with Crippen LogP contribution in [-0.2, 0) is 11.3 Å². The molecule has 1 heterocycles. The van der Waals surface area contributed by atoms with E-state index in [1.54, 1.807) is 0 Å². The van der Waals surface area contributed by atoms with Crippen molar-refractivity contribution in [2.24, 2.45) is 0 Å². The molecule has 1 aliphatic heterocycles. The lowest BCUT2D eigenvalue weighted by Gasteiger charge is -2.26. The van der Waals surface area contributed by atoms with Crippen LogP contribution in [0.15, 0.2) is 48.5 Å². The molecule has 0 bridgehead atoms. The summed E-state index contributed by atoms with van der Waals surface area (Å²) in [7, 11) is 1.94. The summed E-state index contributed by atoms with van der Waals surface area (Å²) in [4.78, 5) is 14.1. The van der Waals surface area contributed by atoms with E-state index in [1.807, 2.05) is 36.2 Å². The van der Waals surface area contributed by atoms with E-state index in [0.717, 1.165) is 18.0 Å². The highest BCUT2D eigenvalue weighted by Crippen LogP contribution is 2.30. The molecule has 3 rings (SSSR count). The summed E-state index contributed by atoms with van der Waals surface area (Å²) >= 11 is 0. The molecule has 2 aromatic carbocycles. The average molecular weight is 340 g/mol. The highest BCUT2D eigenvalue weighted by atomic mass is 16.6. The van der Waals surface area contributed by atoms with Crippen molar-refractivity contribution in [3.63, 3.8) is 0 Å². The second-order valence-electron chi connectivity index (χ2n) is 6.46. The Kier molecular flexibility index (Phi) is 5.56. The van der Waals surface area contributed by atoms with Crippen LogP contribution in [0, 0.1) is 6.92 Å². The second-order valence-corrected chi connectivity index (χ2v) is 6.46. The van der Waals surface area contributed by atoms with Crippen LogP contribution in [0.5, 0.6) is 11.5 Å². The number of rotatable bonds is 6. The molecule has 5 nitrogen and oxygen atoms in total. The number of likely N-dealkylation sites (N-methyl/N-ethyl adjacent to an activating group) is 1. The maximum absolute atomic E-state index is 12.1. The van der Waals surface area contributed by atoms with E-state index < -0.39 is 0 Å². The molecular weight excluding hydrogens is 316 g/mol. The average Bonchev–Trinajstić information content (AvgIpc) is 2.61. The van der Waals surface area contributed by atoms with Crippen molar-refractivity contribution in [1.82, 2.24) is 10.2 Å². The van der Waals surface area contributed by atoms with Gasteiger partial charge in [0.1, 0.15) is 12.7 Å². The summed E-state index contributed by atoms with van der Waals surface area (Å²) in [5, 5.41) is 2.92. The summed E-state index contributed by atoms with van der Waals surface area (Å²) in [6.45, 7) is 4.03. The number of para-hydroxylation sites is 2. The fourth-order valence-corrected chi connectivity index (χ4v) is 2.75. The lowest BCUT2D eigenvalue weighted by molar-refractivity contribution is -0.122. The van der Waals surface area contributed by atoms with E-state index in [1.165, 1.54) is 11.1 Å². The van der Waals surface area contributed by atoms with Gasteiger partial charge < -0.3 is 14.8 Å². The summed E-state index contributed by atoms with van der Waals surface area (Å²) in [5.74, 6) is 1.46. The smallest absolute Gasteiger partial charge is 0.234 e. The topological polar surface area (TPSA) is 50.8 Å². The van der Waals surface area contributed by atoms with Gasteiger partial charge in [0.2, 0.25) is 5.91 Å². The highest BCUT2D eigenvalue weighted by molar-refractivity contribution is 5.78. The van der Waals surface area contributed by atoms with Gasteiger partial charge in [-0.3, -0.25) is 9.69 Å². The lowest BCUT2D eigenvalue weighted by Crippen LogP contribution is -2.43. The van der Waals surface area contributed by atoms with Gasteiger partial charge in [-0.25, -0.2) is 0 Å². The molecule has 0 aliphatic carbocycles. The van der Waals surface area contributed by atoms with Crippen molar-refractivity contribution in [1.29, 1.82) is 0 Å². The number of fused-ring (bicyclic) bond motifs is 1. The Morgan fingerprint density at radius 3 is 2.64 bits per heavy atom. The number of nitrogens with one attached hydrogen (secondary N) is 1. The van der Waals surface area contributed by atoms with E-state index in [0.29, 0.717) is 19.7 Å². The molecule has 132 valence electrons. The van der Waals surface area contributed by atoms with Crippen molar-refractivity contribution in [2.75, 3.05) is 26.7 Å². The monoisotopic (exact) mass is 340 g/mol. The minimum atomic E-state index is -0.166. The van der Waals surface area contributed by atoms with Crippen molar-refractivity contribution in [3.05, 3.63) is 59.7 Å². The van der Waals surface area contributed by atoms with Crippen LogP contribution in [0.2, 0.25) is 0 Å². The Morgan fingerprint density at radius 2 is 1.88 bits per heavy atom. The maximum Gasteiger partial charge on any atom is 0.234 e. The molecule has 1 N–H and O–H groups in total. The molecule has 1 aliphatic rings. The van der Waals surface area contributed by atoms with E-state index >= 15 is 0 Å². The Labute approximate surface area is 148 Å². The Morgan fingerprint density at radius 1 is 1.16 bits per heavy atom. The van der Waals surface area contributed by atoms with Crippen LogP contribution in [0.1, 0.15) is 11.1 Å². The zero-order chi connectivity index (χ0) is 17.6. The molecule has 2 aromatic rings. The molecule has 1 amide bonds. The molecule has 0 fully saturated rings. The van der Waals surface area contributed by atoms with Crippen LogP contribution in [0.4, 0.5) is 0 Å². The zero-order valence-corrected chi connectivity index (χ0v) is 14.7. The predicted octanol–water partition coefficient (Wildman–Crippen LogP) is 2.38. The van der Waals surface area contributed by atoms with Gasteiger partial charge in [0.05, 0.1) is 13.1 Å². The standard InChI is InChI=1S/C20H24N2O3/c1-15-7-9-16(10-8-15)12-22(2)13-20(23)21-11-17-14-24-18-5-3-4-6-19(18)25-17/h3-10,17H,11-14H2,1-2H3,(H,21,23). The van der Waals surface area contributed by atoms with Gasteiger partial charge >= 0.3 is 0 Å². The fourth-order valence-electron chi connectivity index (χ4n) is 2.75. The SMILES string of the molecule is Cc1ccc(CN(C)CC(=O)NCC2COc3ccccc3O2)cc1. The number of hydrogen-bond acceptors (Lipinski definition) is 4. The van der Waals surface area contributed by atoms with Gasteiger partial charge in [0.15, 0.2) is 11.5 Å². The van der Waals surface area contributed by atoms with Gasteiger partial charge in [0, 0.05) is 6.54 Å². The van der Waals surface area contributed by atoms with Crippen molar-refractivity contribution in [2.45, 2.75) is 19.6 Å². The molecule has 0 spiro atoms. The summed E-state index contributed by atoms with van der Waals surface area (Å²) < 4.78 is 11.5. The highest BCUT2D eigenvalue weighted by Gasteiger charge is 2.21. The van der Waals surface area contributed by atoms with E-state index in [4.69, 9.17) is 9.47 Å². The minimum absolute atomic E-state index is 0.0166. The number of ether oxygens (including phenoxy) is 2. The fraction of sp³-hybridized carbons (Fsp3) is 0.350. The molecule has 1 unspecified atom stereocenters. The van der Waals surface area contributed by atoms with Gasteiger partial charge in [-0.05, 0) is 31.7 Å². The molecule has 0 saturated carbocycles. The van der Waals surface area contributed by atoms with Crippen molar-refractivity contribution in [3.8, 4) is 11.5 Å². The number of benzene rings is 2. The predicted molar refractivity (Wildman–Crippen MR) is 96.9 cm³/mol. The first kappa shape index (κ1) is 17.3. The quantitative estimate of drug-likeness (QED) is 0.877. The summed E-state index contributed by atoms with van der Waals surface area (Å²) in [6, 6.07) is 15.9. The third-order valence-electron chi connectivity index (χ3n) is 4.08. The summed E-state index contributed by atoms with van der Waals surface area (Å²) in [5.41, 5.74) is 2.43. The first-order valence-corrected chi connectivity index (χ1v) is 8.49. The molecule has 1 atom stereocenters. The van der Waals surface area contributed by atoms with Crippen molar-refractivity contribution >= 4 is 5.91 Å². The summed E-state index contributed by atoms with van der Waals surface area (Å²) in [6.07, 6.45) is -0.166. The van der Waals surface area contributed by atoms with E-state index in [9.17, 15) is 4.79 Å². The van der Waals surface area contributed by atoms with Crippen LogP contribution >= 0.6 is 0 Å². The molecule has 0 radical (unpaired) electrons. The normalized spacial score (nSPS) is 15.9. The second kappa shape index (κ2) is 8.03. The van der Waals surface area contributed by atoms with Crippen LogP contribution in [-0.4, -0.2) is 43.7 Å². The third kappa shape index (κ3) is 4.97. The van der Waals surface area contributed by atoms with E-state index in [-0.39, 0.29) is 12.0 Å². The van der Waals surface area contributed by atoms with Crippen molar-refractivity contribution < 1.29 is 14.3 Å². The number of nitrogens with zero attached hydrogens (tertiary/aromatic N) is 1. The van der Waals surface area contributed by atoms with Gasteiger partial charge in [-0.2, -0.15) is 0 Å². The number of amides is 1. The molecule has 25 heavy (non-hydrogen) atoms. The Balaban J connectivity index is 1.41. The van der Waals surface area contributed by atoms with Crippen LogP contribution < -0.4 is 14.8 Å². The lowest BCUT2D eigenvalue weighted by atomic mass is 10.1. The molecule has 0 aromatic heterocycles. The Hall–Kier alpha value is -2.53. The zero-order valence-electron chi connectivity index (χ0n) is 14.7.